The van der Waals surface area contributed by atoms with Crippen molar-refractivity contribution in [2.24, 2.45) is 0 Å². The van der Waals surface area contributed by atoms with E-state index in [-0.39, 0.29) is 5.82 Å². The Kier molecular flexibility index (Phi) is 1.78. The van der Waals surface area contributed by atoms with E-state index in [0.29, 0.717) is 10.9 Å². The van der Waals surface area contributed by atoms with Gasteiger partial charge in [-0.2, -0.15) is 5.26 Å². The highest BCUT2D eigenvalue weighted by molar-refractivity contribution is 7.17. The third kappa shape index (κ3) is 1.11. The first-order chi connectivity index (χ1) is 6.24. The molecule has 0 spiro atoms. The van der Waals surface area contributed by atoms with Crippen molar-refractivity contribution in [2.45, 2.75) is 6.92 Å². The molecule has 0 saturated heterocycles. The van der Waals surface area contributed by atoms with Crippen LogP contribution in [0.5, 0.6) is 0 Å². The van der Waals surface area contributed by atoms with Crippen LogP contribution in [0.25, 0.3) is 10.1 Å². The lowest BCUT2D eigenvalue weighted by atomic mass is 10.1. The first kappa shape index (κ1) is 8.21. The fraction of sp³-hybridized carbons (Fsp3) is 0.100. The molecule has 64 valence electrons. The molecular formula is C10H6FNS. The van der Waals surface area contributed by atoms with E-state index in [9.17, 15) is 4.39 Å². The molecule has 2 rings (SSSR count). The van der Waals surface area contributed by atoms with Crippen LogP contribution in [0.15, 0.2) is 17.5 Å². The van der Waals surface area contributed by atoms with Crippen molar-refractivity contribution in [1.82, 2.24) is 0 Å². The topological polar surface area (TPSA) is 23.8 Å². The van der Waals surface area contributed by atoms with Crippen molar-refractivity contribution in [3.05, 3.63) is 34.5 Å². The smallest absolute Gasteiger partial charge is 0.133 e. The van der Waals surface area contributed by atoms with E-state index < -0.39 is 0 Å². The summed E-state index contributed by atoms with van der Waals surface area (Å²) in [7, 11) is 0. The van der Waals surface area contributed by atoms with E-state index in [4.69, 9.17) is 5.26 Å². The van der Waals surface area contributed by atoms with Crippen LogP contribution < -0.4 is 0 Å². The molecule has 1 nitrogen and oxygen atoms in total. The minimum Gasteiger partial charge on any atom is -0.206 e. The van der Waals surface area contributed by atoms with Crippen LogP contribution >= 0.6 is 11.3 Å². The van der Waals surface area contributed by atoms with Gasteiger partial charge >= 0.3 is 0 Å². The van der Waals surface area contributed by atoms with E-state index in [0.717, 1.165) is 10.3 Å². The standard InChI is InChI=1S/C10H6FNS/c1-6-2-3-8(11)9-7(4-12)5-13-10(6)9/h2-3,5H,1H3. The normalized spacial score (nSPS) is 10.2. The Morgan fingerprint density at radius 3 is 2.92 bits per heavy atom. The van der Waals surface area contributed by atoms with Gasteiger partial charge in [0.2, 0.25) is 0 Å². The molecule has 2 aromatic rings. The summed E-state index contributed by atoms with van der Waals surface area (Å²) < 4.78 is 14.2. The average Bonchev–Trinajstić information content (AvgIpc) is 2.56. The molecule has 0 radical (unpaired) electrons. The van der Waals surface area contributed by atoms with Crippen LogP contribution in [0.2, 0.25) is 0 Å². The van der Waals surface area contributed by atoms with Crippen LogP contribution in [0, 0.1) is 24.1 Å². The second-order valence-electron chi connectivity index (χ2n) is 2.83. The van der Waals surface area contributed by atoms with E-state index in [1.165, 1.54) is 17.4 Å². The van der Waals surface area contributed by atoms with Gasteiger partial charge in [-0.05, 0) is 18.6 Å². The lowest BCUT2D eigenvalue weighted by molar-refractivity contribution is 0.639. The second kappa shape index (κ2) is 2.82. The Morgan fingerprint density at radius 2 is 2.23 bits per heavy atom. The predicted molar refractivity (Wildman–Crippen MR) is 51.2 cm³/mol. The lowest BCUT2D eigenvalue weighted by Gasteiger charge is -1.96. The Hall–Kier alpha value is -1.40. The van der Waals surface area contributed by atoms with Gasteiger partial charge in [-0.1, -0.05) is 6.07 Å². The van der Waals surface area contributed by atoms with Gasteiger partial charge in [-0.15, -0.1) is 11.3 Å². The van der Waals surface area contributed by atoms with E-state index in [1.807, 2.05) is 13.0 Å². The maximum absolute atomic E-state index is 13.3. The number of fused-ring (bicyclic) bond motifs is 1. The van der Waals surface area contributed by atoms with Gasteiger partial charge in [0.05, 0.1) is 5.56 Å². The zero-order valence-corrected chi connectivity index (χ0v) is 7.78. The molecule has 0 bridgehead atoms. The van der Waals surface area contributed by atoms with E-state index in [2.05, 4.69) is 0 Å². The first-order valence-corrected chi connectivity index (χ1v) is 4.68. The number of halogens is 1. The highest BCUT2D eigenvalue weighted by Crippen LogP contribution is 2.30. The SMILES string of the molecule is Cc1ccc(F)c2c(C#N)csc12. The maximum atomic E-state index is 13.3. The number of thiophene rings is 1. The molecular weight excluding hydrogens is 185 g/mol. The summed E-state index contributed by atoms with van der Waals surface area (Å²) in [4.78, 5) is 0. The summed E-state index contributed by atoms with van der Waals surface area (Å²) >= 11 is 1.42. The van der Waals surface area contributed by atoms with E-state index in [1.54, 1.807) is 11.4 Å². The summed E-state index contributed by atoms with van der Waals surface area (Å²) in [6.07, 6.45) is 0. The largest absolute Gasteiger partial charge is 0.206 e. The molecule has 0 atom stereocenters. The van der Waals surface area contributed by atoms with Crippen LogP contribution in [-0.4, -0.2) is 0 Å². The number of nitriles is 1. The molecule has 1 heterocycles. The van der Waals surface area contributed by atoms with Gasteiger partial charge < -0.3 is 0 Å². The van der Waals surface area contributed by atoms with Gasteiger partial charge in [-0.25, -0.2) is 4.39 Å². The summed E-state index contributed by atoms with van der Waals surface area (Å²) in [6.45, 7) is 1.92. The van der Waals surface area contributed by atoms with Crippen molar-refractivity contribution in [3.8, 4) is 6.07 Å². The van der Waals surface area contributed by atoms with E-state index >= 15 is 0 Å². The third-order valence-electron chi connectivity index (χ3n) is 1.99. The minimum absolute atomic E-state index is 0.307. The first-order valence-electron chi connectivity index (χ1n) is 3.80. The Balaban J connectivity index is 2.98. The lowest BCUT2D eigenvalue weighted by Crippen LogP contribution is -1.80. The fourth-order valence-corrected chi connectivity index (χ4v) is 2.31. The predicted octanol–water partition coefficient (Wildman–Crippen LogP) is 3.22. The van der Waals surface area contributed by atoms with Gasteiger partial charge in [-0.3, -0.25) is 0 Å². The quantitative estimate of drug-likeness (QED) is 0.627. The zero-order chi connectivity index (χ0) is 9.42. The monoisotopic (exact) mass is 191 g/mol. The average molecular weight is 191 g/mol. The van der Waals surface area contributed by atoms with Crippen molar-refractivity contribution in [1.29, 1.82) is 5.26 Å². The summed E-state index contributed by atoms with van der Waals surface area (Å²) in [5, 5.41) is 10.9. The Morgan fingerprint density at radius 1 is 1.46 bits per heavy atom. The van der Waals surface area contributed by atoms with Gasteiger partial charge in [0.25, 0.3) is 0 Å². The summed E-state index contributed by atoms with van der Waals surface area (Å²) in [6, 6.07) is 5.13. The van der Waals surface area contributed by atoms with Crippen molar-refractivity contribution in [2.75, 3.05) is 0 Å². The second-order valence-corrected chi connectivity index (χ2v) is 3.71. The fourth-order valence-electron chi connectivity index (χ4n) is 1.32. The van der Waals surface area contributed by atoms with Crippen LogP contribution in [0.3, 0.4) is 0 Å². The number of nitrogens with zero attached hydrogens (tertiary/aromatic N) is 1. The Bertz CT molecular complexity index is 507. The molecule has 0 unspecified atom stereocenters. The number of aryl methyl sites for hydroxylation is 1. The van der Waals surface area contributed by atoms with Crippen molar-refractivity contribution in [3.63, 3.8) is 0 Å². The highest BCUT2D eigenvalue weighted by Gasteiger charge is 2.09. The molecule has 0 saturated carbocycles. The van der Waals surface area contributed by atoms with Gasteiger partial charge in [0, 0.05) is 15.5 Å². The molecule has 0 aliphatic rings. The molecule has 0 fully saturated rings. The number of benzene rings is 1. The summed E-state index contributed by atoms with van der Waals surface area (Å²) in [5.74, 6) is -0.307. The van der Waals surface area contributed by atoms with Gasteiger partial charge in [0.1, 0.15) is 11.9 Å². The van der Waals surface area contributed by atoms with Gasteiger partial charge in [0.15, 0.2) is 0 Å². The Labute approximate surface area is 79.0 Å². The van der Waals surface area contributed by atoms with Crippen LogP contribution in [0.4, 0.5) is 4.39 Å². The summed E-state index contributed by atoms with van der Waals surface area (Å²) in [5.41, 5.74) is 1.45. The molecule has 0 aliphatic carbocycles. The maximum Gasteiger partial charge on any atom is 0.133 e. The zero-order valence-electron chi connectivity index (χ0n) is 6.97. The number of hydrogen-bond acceptors (Lipinski definition) is 2. The third-order valence-corrected chi connectivity index (χ3v) is 3.10. The minimum atomic E-state index is -0.307. The van der Waals surface area contributed by atoms with Crippen LogP contribution in [0.1, 0.15) is 11.1 Å². The molecule has 0 amide bonds. The molecule has 3 heteroatoms. The molecule has 0 aliphatic heterocycles. The van der Waals surface area contributed by atoms with Crippen molar-refractivity contribution >= 4 is 21.4 Å². The number of hydrogen-bond donors (Lipinski definition) is 0. The van der Waals surface area contributed by atoms with Crippen LogP contribution in [-0.2, 0) is 0 Å². The highest BCUT2D eigenvalue weighted by atomic mass is 32.1. The molecule has 1 aromatic carbocycles. The molecule has 0 N–H and O–H groups in total. The van der Waals surface area contributed by atoms with Crippen molar-refractivity contribution < 1.29 is 4.39 Å². The molecule has 13 heavy (non-hydrogen) atoms. The number of rotatable bonds is 0. The molecule has 1 aromatic heterocycles.